The Bertz CT molecular complexity index is 578. The maximum Gasteiger partial charge on any atom is 0.211 e. The molecule has 1 saturated heterocycles. The molecule has 0 amide bonds. The number of furan rings is 1. The number of ketones is 1. The molecule has 0 N–H and O–H groups in total. The number of hydrogen-bond donors (Lipinski definition) is 0. The Hall–Kier alpha value is -1.65. The van der Waals surface area contributed by atoms with Gasteiger partial charge in [-0.2, -0.15) is 0 Å². The van der Waals surface area contributed by atoms with Gasteiger partial charge in [-0.1, -0.05) is 18.2 Å². The number of benzene rings is 1. The van der Waals surface area contributed by atoms with E-state index in [4.69, 9.17) is 9.15 Å². The lowest BCUT2D eigenvalue weighted by atomic mass is 9.97. The Morgan fingerprint density at radius 3 is 2.81 bits per heavy atom. The van der Waals surface area contributed by atoms with Gasteiger partial charge in [0, 0.05) is 19.1 Å². The number of likely N-dealkylation sites (tertiary alicyclic amines) is 1. The van der Waals surface area contributed by atoms with Crippen molar-refractivity contribution in [2.45, 2.75) is 12.8 Å². The van der Waals surface area contributed by atoms with E-state index in [2.05, 4.69) is 4.90 Å². The fraction of sp³-hybridized carbons (Fsp3) is 0.471. The summed E-state index contributed by atoms with van der Waals surface area (Å²) < 4.78 is 10.8. The van der Waals surface area contributed by atoms with Crippen molar-refractivity contribution >= 4 is 16.8 Å². The molecule has 4 heteroatoms. The number of para-hydroxylation sites is 1. The highest BCUT2D eigenvalue weighted by atomic mass is 16.5. The second-order valence-corrected chi connectivity index (χ2v) is 5.75. The third kappa shape index (κ3) is 3.34. The molecule has 1 aliphatic heterocycles. The quantitative estimate of drug-likeness (QED) is 0.793. The van der Waals surface area contributed by atoms with Gasteiger partial charge in [-0.15, -0.1) is 0 Å². The molecule has 1 aromatic carbocycles. The minimum Gasteiger partial charge on any atom is -0.453 e. The van der Waals surface area contributed by atoms with Crippen molar-refractivity contribution in [3.05, 3.63) is 36.1 Å². The van der Waals surface area contributed by atoms with Crippen LogP contribution in [0.5, 0.6) is 0 Å². The van der Waals surface area contributed by atoms with Gasteiger partial charge in [0.15, 0.2) is 5.76 Å². The zero-order valence-corrected chi connectivity index (χ0v) is 12.4. The Morgan fingerprint density at radius 2 is 2.10 bits per heavy atom. The van der Waals surface area contributed by atoms with Crippen LogP contribution in [0.15, 0.2) is 34.7 Å². The summed E-state index contributed by atoms with van der Waals surface area (Å²) in [5, 5.41) is 0.986. The average molecular weight is 287 g/mol. The second kappa shape index (κ2) is 6.41. The van der Waals surface area contributed by atoms with Crippen molar-refractivity contribution in [2.24, 2.45) is 5.92 Å². The molecule has 1 aliphatic rings. The third-order valence-corrected chi connectivity index (χ3v) is 4.18. The van der Waals surface area contributed by atoms with Gasteiger partial charge in [-0.25, -0.2) is 0 Å². The van der Waals surface area contributed by atoms with Crippen molar-refractivity contribution in [3.63, 3.8) is 0 Å². The number of rotatable bonds is 5. The molecular formula is C17H21NO3. The second-order valence-electron chi connectivity index (χ2n) is 5.75. The Balaban J connectivity index is 1.59. The van der Waals surface area contributed by atoms with Crippen LogP contribution in [0, 0.1) is 5.92 Å². The van der Waals surface area contributed by atoms with Crippen molar-refractivity contribution in [1.82, 2.24) is 4.90 Å². The zero-order chi connectivity index (χ0) is 14.7. The Labute approximate surface area is 124 Å². The van der Waals surface area contributed by atoms with E-state index in [9.17, 15) is 4.79 Å². The molecule has 3 rings (SSSR count). The molecule has 4 nitrogen and oxygen atoms in total. The highest BCUT2D eigenvalue weighted by Crippen LogP contribution is 2.21. The number of nitrogens with zero attached hydrogens (tertiary/aromatic N) is 1. The molecule has 2 aromatic rings. The fourth-order valence-corrected chi connectivity index (χ4v) is 2.95. The Morgan fingerprint density at radius 1 is 1.33 bits per heavy atom. The first-order chi connectivity index (χ1) is 10.3. The standard InChI is InChI=1S/C17H21NO3/c1-20-12-13-6-8-18(9-7-13)11-15(19)17-10-14-4-2-3-5-16(14)21-17/h2-5,10,13H,6-9,11-12H2,1H3. The number of hydrogen-bond acceptors (Lipinski definition) is 4. The van der Waals surface area contributed by atoms with E-state index in [0.717, 1.165) is 43.5 Å². The molecule has 2 heterocycles. The maximum absolute atomic E-state index is 12.3. The smallest absolute Gasteiger partial charge is 0.211 e. The molecule has 0 atom stereocenters. The lowest BCUT2D eigenvalue weighted by Gasteiger charge is -2.30. The van der Waals surface area contributed by atoms with Gasteiger partial charge in [0.05, 0.1) is 6.54 Å². The average Bonchev–Trinajstić information content (AvgIpc) is 2.94. The molecular weight excluding hydrogens is 266 g/mol. The van der Waals surface area contributed by atoms with E-state index in [1.165, 1.54) is 0 Å². The summed E-state index contributed by atoms with van der Waals surface area (Å²) in [6.07, 6.45) is 2.20. The van der Waals surface area contributed by atoms with Crippen molar-refractivity contribution in [1.29, 1.82) is 0 Å². The van der Waals surface area contributed by atoms with Gasteiger partial charge < -0.3 is 9.15 Å². The van der Waals surface area contributed by atoms with E-state index >= 15 is 0 Å². The molecule has 0 spiro atoms. The van der Waals surface area contributed by atoms with Gasteiger partial charge in [0.2, 0.25) is 5.78 Å². The topological polar surface area (TPSA) is 42.7 Å². The molecule has 112 valence electrons. The maximum atomic E-state index is 12.3. The molecule has 1 fully saturated rings. The summed E-state index contributed by atoms with van der Waals surface area (Å²) in [6, 6.07) is 9.57. The Kier molecular flexibility index (Phi) is 4.36. The van der Waals surface area contributed by atoms with E-state index in [-0.39, 0.29) is 5.78 Å². The number of carbonyl (C=O) groups is 1. The van der Waals surface area contributed by atoms with Crippen LogP contribution in [0.1, 0.15) is 23.4 Å². The van der Waals surface area contributed by atoms with Crippen molar-refractivity contribution in [2.75, 3.05) is 33.4 Å². The lowest BCUT2D eigenvalue weighted by molar-refractivity contribution is 0.0791. The van der Waals surface area contributed by atoms with Crippen LogP contribution >= 0.6 is 0 Å². The molecule has 0 saturated carbocycles. The summed E-state index contributed by atoms with van der Waals surface area (Å²) in [6.45, 7) is 3.19. The minimum atomic E-state index is 0.0661. The van der Waals surface area contributed by atoms with Gasteiger partial charge in [-0.3, -0.25) is 9.69 Å². The number of carbonyl (C=O) groups excluding carboxylic acids is 1. The fourth-order valence-electron chi connectivity index (χ4n) is 2.95. The first-order valence-electron chi connectivity index (χ1n) is 7.49. The van der Waals surface area contributed by atoms with Gasteiger partial charge in [0.25, 0.3) is 0 Å². The first kappa shape index (κ1) is 14.3. The number of ether oxygens (including phenoxy) is 1. The van der Waals surface area contributed by atoms with Crippen LogP contribution in [-0.2, 0) is 4.74 Å². The third-order valence-electron chi connectivity index (χ3n) is 4.18. The van der Waals surface area contributed by atoms with E-state index in [1.54, 1.807) is 7.11 Å². The predicted molar refractivity (Wildman–Crippen MR) is 81.6 cm³/mol. The SMILES string of the molecule is COCC1CCN(CC(=O)c2cc3ccccc3o2)CC1. The summed E-state index contributed by atoms with van der Waals surface area (Å²) in [7, 11) is 1.75. The van der Waals surface area contributed by atoms with E-state index in [1.807, 2.05) is 30.3 Å². The van der Waals surface area contributed by atoms with Crippen LogP contribution in [0.4, 0.5) is 0 Å². The molecule has 1 aromatic heterocycles. The monoisotopic (exact) mass is 287 g/mol. The lowest BCUT2D eigenvalue weighted by Crippen LogP contribution is -2.38. The van der Waals surface area contributed by atoms with Gasteiger partial charge in [-0.05, 0) is 44.0 Å². The first-order valence-corrected chi connectivity index (χ1v) is 7.49. The summed E-state index contributed by atoms with van der Waals surface area (Å²) in [5.74, 6) is 1.17. The van der Waals surface area contributed by atoms with E-state index in [0.29, 0.717) is 18.2 Å². The van der Waals surface area contributed by atoms with Crippen molar-refractivity contribution in [3.8, 4) is 0 Å². The minimum absolute atomic E-state index is 0.0661. The normalized spacial score (nSPS) is 17.4. The van der Waals surface area contributed by atoms with Crippen LogP contribution < -0.4 is 0 Å². The summed E-state index contributed by atoms with van der Waals surface area (Å²) in [4.78, 5) is 14.5. The van der Waals surface area contributed by atoms with Crippen LogP contribution in [0.3, 0.4) is 0 Å². The molecule has 0 radical (unpaired) electrons. The summed E-state index contributed by atoms with van der Waals surface area (Å²) >= 11 is 0. The molecule has 0 unspecified atom stereocenters. The highest BCUT2D eigenvalue weighted by Gasteiger charge is 2.22. The van der Waals surface area contributed by atoms with E-state index < -0.39 is 0 Å². The highest BCUT2D eigenvalue weighted by molar-refractivity contribution is 5.98. The van der Waals surface area contributed by atoms with Crippen molar-refractivity contribution < 1.29 is 13.9 Å². The van der Waals surface area contributed by atoms with Gasteiger partial charge >= 0.3 is 0 Å². The van der Waals surface area contributed by atoms with Crippen LogP contribution in [0.2, 0.25) is 0 Å². The molecule has 0 aliphatic carbocycles. The number of fused-ring (bicyclic) bond motifs is 1. The summed E-state index contributed by atoms with van der Waals surface area (Å²) in [5.41, 5.74) is 0.777. The van der Waals surface area contributed by atoms with Gasteiger partial charge in [0.1, 0.15) is 5.58 Å². The molecule has 21 heavy (non-hydrogen) atoms. The number of piperidine rings is 1. The molecule has 0 bridgehead atoms. The number of Topliss-reactive ketones (excluding diaryl/α,β-unsaturated/α-hetero) is 1. The largest absolute Gasteiger partial charge is 0.453 e. The van der Waals surface area contributed by atoms with Crippen LogP contribution in [0.25, 0.3) is 11.0 Å². The predicted octanol–water partition coefficient (Wildman–Crippen LogP) is 2.97. The van der Waals surface area contributed by atoms with Crippen LogP contribution in [-0.4, -0.2) is 44.0 Å². The number of methoxy groups -OCH3 is 1. The zero-order valence-electron chi connectivity index (χ0n) is 12.4.